The number of hydrogen-bond donors (Lipinski definition) is 0. The molecule has 7 aromatic carbocycles. The second-order valence-electron chi connectivity index (χ2n) is 12.5. The van der Waals surface area contributed by atoms with Crippen LogP contribution >= 0.6 is 0 Å². The first-order chi connectivity index (χ1) is 24.6. The van der Waals surface area contributed by atoms with E-state index in [2.05, 4.69) is 230 Å². The Hall–Kier alpha value is -6.38. The number of aryl methyl sites for hydroxylation is 2. The van der Waals surface area contributed by atoms with Gasteiger partial charge in [-0.1, -0.05) is 133 Å². The van der Waals surface area contributed by atoms with E-state index in [9.17, 15) is 0 Å². The summed E-state index contributed by atoms with van der Waals surface area (Å²) in [5.41, 5.74) is 14.0. The summed E-state index contributed by atoms with van der Waals surface area (Å²) in [5.74, 6) is 0. The zero-order chi connectivity index (χ0) is 34.1. The van der Waals surface area contributed by atoms with Crippen molar-refractivity contribution in [2.75, 3.05) is 9.80 Å². The lowest BCUT2D eigenvalue weighted by Gasteiger charge is -2.25. The number of rotatable bonds is 10. The third-order valence-corrected chi connectivity index (χ3v) is 8.72. The molecule has 0 amide bonds. The maximum atomic E-state index is 2.30. The van der Waals surface area contributed by atoms with Gasteiger partial charge in [0.05, 0.1) is 0 Å². The monoisotopic (exact) mass is 644 g/mol. The van der Waals surface area contributed by atoms with E-state index in [1.54, 1.807) is 0 Å². The number of nitrogens with zero attached hydrogens (tertiary/aromatic N) is 2. The van der Waals surface area contributed by atoms with Crippen molar-refractivity contribution < 1.29 is 0 Å². The Bertz CT molecular complexity index is 2040. The largest absolute Gasteiger partial charge is 0.310 e. The lowest BCUT2D eigenvalue weighted by Crippen LogP contribution is -2.09. The summed E-state index contributed by atoms with van der Waals surface area (Å²) in [4.78, 5) is 4.60. The van der Waals surface area contributed by atoms with E-state index < -0.39 is 0 Å². The molecule has 0 saturated carbocycles. The minimum Gasteiger partial charge on any atom is -0.310 e. The molecule has 0 unspecified atom stereocenters. The summed E-state index contributed by atoms with van der Waals surface area (Å²) in [6.07, 6.45) is 8.68. The minimum absolute atomic E-state index is 1.13. The highest BCUT2D eigenvalue weighted by Crippen LogP contribution is 2.36. The van der Waals surface area contributed by atoms with E-state index in [1.165, 1.54) is 22.3 Å². The van der Waals surface area contributed by atoms with Crippen molar-refractivity contribution in [3.8, 4) is 0 Å². The predicted octanol–water partition coefficient (Wildman–Crippen LogP) is 13.6. The van der Waals surface area contributed by atoms with E-state index in [0.29, 0.717) is 0 Å². The van der Waals surface area contributed by atoms with E-state index in [0.717, 1.165) is 45.3 Å². The molecular formula is C48H40N2. The quantitative estimate of drug-likeness (QED) is 0.137. The zero-order valence-electron chi connectivity index (χ0n) is 28.5. The Morgan fingerprint density at radius 1 is 0.280 bits per heavy atom. The van der Waals surface area contributed by atoms with Crippen molar-refractivity contribution in [2.24, 2.45) is 0 Å². The fraction of sp³-hybridized carbons (Fsp3) is 0.0417. The number of benzene rings is 7. The lowest BCUT2D eigenvalue weighted by molar-refractivity contribution is 1.27. The van der Waals surface area contributed by atoms with Crippen LogP contribution < -0.4 is 9.80 Å². The molecule has 2 heteroatoms. The highest BCUT2D eigenvalue weighted by atomic mass is 15.1. The topological polar surface area (TPSA) is 6.48 Å². The van der Waals surface area contributed by atoms with E-state index in [1.807, 2.05) is 0 Å². The van der Waals surface area contributed by atoms with Gasteiger partial charge in [-0.2, -0.15) is 0 Å². The van der Waals surface area contributed by atoms with Gasteiger partial charge in [0.15, 0.2) is 0 Å². The summed E-state index contributed by atoms with van der Waals surface area (Å²) >= 11 is 0. The van der Waals surface area contributed by atoms with Gasteiger partial charge in [-0.05, 0) is 120 Å². The average molecular weight is 645 g/mol. The molecule has 0 N–H and O–H groups in total. The average Bonchev–Trinajstić information content (AvgIpc) is 3.16. The molecule has 7 rings (SSSR count). The number of hydrogen-bond acceptors (Lipinski definition) is 2. The molecule has 0 aliphatic rings. The van der Waals surface area contributed by atoms with Crippen LogP contribution in [0.25, 0.3) is 24.3 Å². The molecule has 0 radical (unpaired) electrons. The molecule has 0 aromatic heterocycles. The van der Waals surface area contributed by atoms with Crippen molar-refractivity contribution >= 4 is 58.4 Å². The first-order valence-corrected chi connectivity index (χ1v) is 17.1. The molecular weight excluding hydrogens is 605 g/mol. The van der Waals surface area contributed by atoms with Crippen molar-refractivity contribution in [2.45, 2.75) is 13.8 Å². The fourth-order valence-electron chi connectivity index (χ4n) is 6.15. The third kappa shape index (κ3) is 7.84. The van der Waals surface area contributed by atoms with Crippen LogP contribution in [0.3, 0.4) is 0 Å². The molecule has 0 bridgehead atoms. The SMILES string of the molecule is Cc1cccc(N(c2ccccc2)c2ccc(/C=C/c3ccc(/C=C/c4ccc(N(c5ccccc5)c5cccc(C)c5)cc4)cc3)cc2)c1. The van der Waals surface area contributed by atoms with Gasteiger partial charge in [-0.25, -0.2) is 0 Å². The Labute approximate surface area is 296 Å². The summed E-state index contributed by atoms with van der Waals surface area (Å²) in [6, 6.07) is 64.5. The van der Waals surface area contributed by atoms with Gasteiger partial charge < -0.3 is 9.80 Å². The van der Waals surface area contributed by atoms with Gasteiger partial charge >= 0.3 is 0 Å². The van der Waals surface area contributed by atoms with Gasteiger partial charge in [0.25, 0.3) is 0 Å². The summed E-state index contributed by atoms with van der Waals surface area (Å²) in [6.45, 7) is 4.27. The molecule has 0 heterocycles. The van der Waals surface area contributed by atoms with Crippen molar-refractivity contribution in [3.63, 3.8) is 0 Å². The van der Waals surface area contributed by atoms with Crippen LogP contribution in [0.4, 0.5) is 34.1 Å². The van der Waals surface area contributed by atoms with E-state index in [4.69, 9.17) is 0 Å². The maximum Gasteiger partial charge on any atom is 0.0464 e. The van der Waals surface area contributed by atoms with Gasteiger partial charge in [0.2, 0.25) is 0 Å². The minimum atomic E-state index is 1.13. The zero-order valence-corrected chi connectivity index (χ0v) is 28.5. The van der Waals surface area contributed by atoms with Crippen molar-refractivity contribution in [1.29, 1.82) is 0 Å². The summed E-state index contributed by atoms with van der Waals surface area (Å²) < 4.78 is 0. The fourth-order valence-corrected chi connectivity index (χ4v) is 6.15. The molecule has 0 spiro atoms. The normalized spacial score (nSPS) is 11.2. The van der Waals surface area contributed by atoms with Crippen LogP contribution in [0.1, 0.15) is 33.4 Å². The molecule has 0 aliphatic heterocycles. The highest BCUT2D eigenvalue weighted by Gasteiger charge is 2.13. The Balaban J connectivity index is 1.02. The molecule has 2 nitrogen and oxygen atoms in total. The van der Waals surface area contributed by atoms with Crippen molar-refractivity contribution in [1.82, 2.24) is 0 Å². The second-order valence-corrected chi connectivity index (χ2v) is 12.5. The summed E-state index contributed by atoms with van der Waals surface area (Å²) in [5, 5.41) is 0. The van der Waals surface area contributed by atoms with Crippen LogP contribution in [0.5, 0.6) is 0 Å². The molecule has 0 saturated heterocycles. The summed E-state index contributed by atoms with van der Waals surface area (Å²) in [7, 11) is 0. The highest BCUT2D eigenvalue weighted by molar-refractivity contribution is 5.80. The van der Waals surface area contributed by atoms with Crippen LogP contribution in [0.15, 0.2) is 182 Å². The third-order valence-electron chi connectivity index (χ3n) is 8.72. The molecule has 7 aromatic rings. The van der Waals surface area contributed by atoms with Crippen LogP contribution in [-0.2, 0) is 0 Å². The van der Waals surface area contributed by atoms with Crippen LogP contribution in [0, 0.1) is 13.8 Å². The number of para-hydroxylation sites is 2. The molecule has 0 atom stereocenters. The van der Waals surface area contributed by atoms with Crippen LogP contribution in [0.2, 0.25) is 0 Å². The first-order valence-electron chi connectivity index (χ1n) is 17.1. The molecule has 50 heavy (non-hydrogen) atoms. The maximum absolute atomic E-state index is 2.30. The van der Waals surface area contributed by atoms with Crippen molar-refractivity contribution in [3.05, 3.63) is 215 Å². The Morgan fingerprint density at radius 3 is 0.880 bits per heavy atom. The van der Waals surface area contributed by atoms with E-state index in [-0.39, 0.29) is 0 Å². The lowest BCUT2D eigenvalue weighted by atomic mass is 10.1. The standard InChI is InChI=1S/C48H40N2/c1-37-11-9-17-47(35-37)49(43-13-5-3-6-14-43)45-31-27-41(28-32-45)25-23-39-19-21-40(22-20-39)24-26-42-29-33-46(34-30-42)50(44-15-7-4-8-16-44)48-18-10-12-38(2)36-48/h3-36H,1-2H3/b25-23+,26-24+. The predicted molar refractivity (Wildman–Crippen MR) is 216 cm³/mol. The first kappa shape index (κ1) is 32.2. The molecule has 0 fully saturated rings. The Morgan fingerprint density at radius 2 is 0.560 bits per heavy atom. The second kappa shape index (κ2) is 15.2. The smallest absolute Gasteiger partial charge is 0.0464 e. The van der Waals surface area contributed by atoms with E-state index >= 15 is 0 Å². The number of anilines is 6. The van der Waals surface area contributed by atoms with Gasteiger partial charge in [0, 0.05) is 34.1 Å². The van der Waals surface area contributed by atoms with Gasteiger partial charge in [-0.15, -0.1) is 0 Å². The van der Waals surface area contributed by atoms with Gasteiger partial charge in [-0.3, -0.25) is 0 Å². The molecule has 0 aliphatic carbocycles. The Kier molecular flexibility index (Phi) is 9.80. The molecule has 242 valence electrons. The van der Waals surface area contributed by atoms with Gasteiger partial charge in [0.1, 0.15) is 0 Å². The van der Waals surface area contributed by atoms with Crippen LogP contribution in [-0.4, -0.2) is 0 Å².